The molecule has 200 valence electrons. The van der Waals surface area contributed by atoms with E-state index in [0.717, 1.165) is 61.8 Å². The SMILES string of the molecule is CCCc1cc(C(=O)c2cccc(C(=O)OCC)c2)ccc1OCCCCCCc1ccc(C(C)=O)cc1. The normalized spacial score (nSPS) is 10.7. The zero-order valence-electron chi connectivity index (χ0n) is 22.8. The summed E-state index contributed by atoms with van der Waals surface area (Å²) >= 11 is 0. The summed E-state index contributed by atoms with van der Waals surface area (Å²) in [6.07, 6.45) is 7.06. The molecule has 3 rings (SSSR count). The van der Waals surface area contributed by atoms with Crippen molar-refractivity contribution in [1.29, 1.82) is 0 Å². The van der Waals surface area contributed by atoms with Crippen LogP contribution in [0.25, 0.3) is 0 Å². The maximum atomic E-state index is 13.1. The number of carbonyl (C=O) groups excluding carboxylic acids is 3. The Morgan fingerprint density at radius 2 is 1.39 bits per heavy atom. The van der Waals surface area contributed by atoms with Gasteiger partial charge in [0, 0.05) is 16.7 Å². The van der Waals surface area contributed by atoms with Gasteiger partial charge in [-0.15, -0.1) is 0 Å². The third kappa shape index (κ3) is 8.41. The molecule has 5 nitrogen and oxygen atoms in total. The maximum absolute atomic E-state index is 13.1. The lowest BCUT2D eigenvalue weighted by molar-refractivity contribution is 0.0526. The van der Waals surface area contributed by atoms with Crippen molar-refractivity contribution in [2.24, 2.45) is 0 Å². The van der Waals surface area contributed by atoms with E-state index >= 15 is 0 Å². The highest BCUT2D eigenvalue weighted by Gasteiger charge is 2.15. The van der Waals surface area contributed by atoms with Crippen LogP contribution < -0.4 is 4.74 Å². The molecular formula is C33H38O5. The molecule has 0 aromatic heterocycles. The standard InChI is InChI=1S/C33H38O5/c1-4-11-27-22-29(32(35)28-13-10-14-30(23-28)33(36)37-5-2)19-20-31(27)38-21-9-7-6-8-12-25-15-17-26(18-16-25)24(3)34/h10,13-20,22-23H,4-9,11-12,21H2,1-3H3. The van der Waals surface area contributed by atoms with Gasteiger partial charge in [0.2, 0.25) is 0 Å². The number of rotatable bonds is 15. The Balaban J connectivity index is 1.50. The molecule has 5 heteroatoms. The zero-order valence-corrected chi connectivity index (χ0v) is 22.8. The number of Topliss-reactive ketones (excluding diaryl/α,β-unsaturated/α-hetero) is 1. The lowest BCUT2D eigenvalue weighted by Gasteiger charge is -2.13. The number of unbranched alkanes of at least 4 members (excludes halogenated alkanes) is 3. The molecule has 0 bridgehead atoms. The number of hydrogen-bond donors (Lipinski definition) is 0. The van der Waals surface area contributed by atoms with Crippen LogP contribution in [-0.2, 0) is 17.6 Å². The van der Waals surface area contributed by atoms with Crippen molar-refractivity contribution in [2.75, 3.05) is 13.2 Å². The molecule has 0 N–H and O–H groups in total. The van der Waals surface area contributed by atoms with Gasteiger partial charge in [-0.05, 0) is 81.0 Å². The second-order valence-electron chi connectivity index (χ2n) is 9.47. The number of esters is 1. The van der Waals surface area contributed by atoms with Crippen LogP contribution in [0.5, 0.6) is 5.75 Å². The van der Waals surface area contributed by atoms with Crippen molar-refractivity contribution in [3.05, 3.63) is 100 Å². The smallest absolute Gasteiger partial charge is 0.338 e. The van der Waals surface area contributed by atoms with E-state index in [1.807, 2.05) is 36.4 Å². The van der Waals surface area contributed by atoms with Gasteiger partial charge in [0.1, 0.15) is 5.75 Å². The van der Waals surface area contributed by atoms with Crippen LogP contribution in [0.1, 0.15) is 101 Å². The largest absolute Gasteiger partial charge is 0.493 e. The highest BCUT2D eigenvalue weighted by Crippen LogP contribution is 2.24. The van der Waals surface area contributed by atoms with Crippen LogP contribution in [0, 0.1) is 0 Å². The van der Waals surface area contributed by atoms with Crippen molar-refractivity contribution in [3.63, 3.8) is 0 Å². The third-order valence-corrected chi connectivity index (χ3v) is 6.46. The maximum Gasteiger partial charge on any atom is 0.338 e. The second-order valence-corrected chi connectivity index (χ2v) is 9.47. The summed E-state index contributed by atoms with van der Waals surface area (Å²) in [7, 11) is 0. The lowest BCUT2D eigenvalue weighted by Crippen LogP contribution is -2.08. The van der Waals surface area contributed by atoms with E-state index in [1.165, 1.54) is 5.56 Å². The van der Waals surface area contributed by atoms with E-state index in [2.05, 4.69) is 6.92 Å². The monoisotopic (exact) mass is 514 g/mol. The minimum atomic E-state index is -0.430. The van der Waals surface area contributed by atoms with Crippen LogP contribution in [0.3, 0.4) is 0 Å². The van der Waals surface area contributed by atoms with Crippen molar-refractivity contribution in [1.82, 2.24) is 0 Å². The summed E-state index contributed by atoms with van der Waals surface area (Å²) in [4.78, 5) is 36.6. The van der Waals surface area contributed by atoms with Crippen molar-refractivity contribution < 1.29 is 23.9 Å². The fourth-order valence-corrected chi connectivity index (χ4v) is 4.37. The molecule has 0 aliphatic heterocycles. The van der Waals surface area contributed by atoms with E-state index in [-0.39, 0.29) is 18.2 Å². The number of benzene rings is 3. The average molecular weight is 515 g/mol. The van der Waals surface area contributed by atoms with Crippen molar-refractivity contribution >= 4 is 17.5 Å². The minimum absolute atomic E-state index is 0.0979. The minimum Gasteiger partial charge on any atom is -0.493 e. The zero-order chi connectivity index (χ0) is 27.3. The van der Waals surface area contributed by atoms with E-state index in [0.29, 0.717) is 23.3 Å². The second kappa shape index (κ2) is 14.9. The Labute approximate surface area is 226 Å². The molecule has 38 heavy (non-hydrogen) atoms. The number of carbonyl (C=O) groups is 3. The molecule has 0 saturated heterocycles. The predicted octanol–water partition coefficient (Wildman–Crippen LogP) is 7.43. The Kier molecular flexibility index (Phi) is 11.3. The van der Waals surface area contributed by atoms with E-state index in [9.17, 15) is 14.4 Å². The Bertz CT molecular complexity index is 1230. The molecule has 0 heterocycles. The summed E-state index contributed by atoms with van der Waals surface area (Å²) in [5, 5.41) is 0. The molecular weight excluding hydrogens is 476 g/mol. The topological polar surface area (TPSA) is 69.7 Å². The molecule has 0 amide bonds. The number of ether oxygens (including phenoxy) is 2. The van der Waals surface area contributed by atoms with Crippen LogP contribution in [-0.4, -0.2) is 30.7 Å². The first-order valence-electron chi connectivity index (χ1n) is 13.6. The molecule has 0 aliphatic carbocycles. The van der Waals surface area contributed by atoms with Gasteiger partial charge in [-0.25, -0.2) is 4.79 Å². The van der Waals surface area contributed by atoms with Crippen molar-refractivity contribution in [2.45, 2.75) is 65.7 Å². The summed E-state index contributed by atoms with van der Waals surface area (Å²) < 4.78 is 11.2. The quantitative estimate of drug-likeness (QED) is 0.120. The van der Waals surface area contributed by atoms with E-state index in [1.54, 1.807) is 44.2 Å². The van der Waals surface area contributed by atoms with Crippen molar-refractivity contribution in [3.8, 4) is 5.75 Å². The summed E-state index contributed by atoms with van der Waals surface area (Å²) in [5.74, 6) is 0.367. The highest BCUT2D eigenvalue weighted by molar-refractivity contribution is 6.10. The van der Waals surface area contributed by atoms with E-state index < -0.39 is 5.97 Å². The summed E-state index contributed by atoms with van der Waals surface area (Å²) in [6.45, 7) is 6.37. The Hall–Kier alpha value is -3.73. The molecule has 0 saturated carbocycles. The molecule has 0 aliphatic rings. The number of hydrogen-bond acceptors (Lipinski definition) is 5. The first kappa shape index (κ1) is 28.8. The van der Waals surface area contributed by atoms with Crippen LogP contribution in [0.4, 0.5) is 0 Å². The van der Waals surface area contributed by atoms with Crippen LogP contribution in [0.2, 0.25) is 0 Å². The van der Waals surface area contributed by atoms with Gasteiger partial charge in [0.25, 0.3) is 0 Å². The molecule has 0 radical (unpaired) electrons. The van der Waals surface area contributed by atoms with Gasteiger partial charge >= 0.3 is 5.97 Å². The van der Waals surface area contributed by atoms with Gasteiger partial charge in [-0.1, -0.05) is 62.6 Å². The summed E-state index contributed by atoms with van der Waals surface area (Å²) in [5.41, 5.74) is 4.46. The number of aryl methyl sites for hydroxylation is 2. The van der Waals surface area contributed by atoms with Gasteiger partial charge in [-0.2, -0.15) is 0 Å². The fraction of sp³-hybridized carbons (Fsp3) is 0.364. The molecule has 3 aromatic carbocycles. The molecule has 0 spiro atoms. The fourth-order valence-electron chi connectivity index (χ4n) is 4.37. The lowest BCUT2D eigenvalue weighted by atomic mass is 9.98. The van der Waals surface area contributed by atoms with E-state index in [4.69, 9.17) is 9.47 Å². The third-order valence-electron chi connectivity index (χ3n) is 6.46. The number of ketones is 2. The Morgan fingerprint density at radius 3 is 2.11 bits per heavy atom. The van der Waals surface area contributed by atoms with Gasteiger partial charge in [-0.3, -0.25) is 9.59 Å². The van der Waals surface area contributed by atoms with Gasteiger partial charge in [0.15, 0.2) is 11.6 Å². The average Bonchev–Trinajstić information content (AvgIpc) is 2.93. The first-order chi connectivity index (χ1) is 18.4. The first-order valence-corrected chi connectivity index (χ1v) is 13.6. The van der Waals surface area contributed by atoms with Crippen LogP contribution in [0.15, 0.2) is 66.7 Å². The van der Waals surface area contributed by atoms with Crippen LogP contribution >= 0.6 is 0 Å². The molecule has 0 atom stereocenters. The molecule has 3 aromatic rings. The summed E-state index contributed by atoms with van der Waals surface area (Å²) in [6, 6.07) is 20.1. The molecule has 0 unspecified atom stereocenters. The Morgan fingerprint density at radius 1 is 0.711 bits per heavy atom. The predicted molar refractivity (Wildman–Crippen MR) is 150 cm³/mol. The van der Waals surface area contributed by atoms with Gasteiger partial charge < -0.3 is 9.47 Å². The molecule has 0 fully saturated rings. The van der Waals surface area contributed by atoms with Gasteiger partial charge in [0.05, 0.1) is 18.8 Å². The highest BCUT2D eigenvalue weighted by atomic mass is 16.5.